The summed E-state index contributed by atoms with van der Waals surface area (Å²) in [5.74, 6) is -1.63. The van der Waals surface area contributed by atoms with Crippen molar-refractivity contribution in [2.24, 2.45) is 0 Å². The van der Waals surface area contributed by atoms with Crippen LogP contribution in [0.3, 0.4) is 0 Å². The second kappa shape index (κ2) is 10.6. The molecule has 0 amide bonds. The predicted molar refractivity (Wildman–Crippen MR) is 134 cm³/mol. The van der Waals surface area contributed by atoms with Gasteiger partial charge in [-0.2, -0.15) is 17.9 Å². The Morgan fingerprint density at radius 2 is 1.41 bits per heavy atom. The van der Waals surface area contributed by atoms with E-state index in [2.05, 4.69) is 9.71 Å². The lowest BCUT2D eigenvalue weighted by atomic mass is 9.81. The van der Waals surface area contributed by atoms with Crippen LogP contribution < -0.4 is 4.72 Å². The number of sulfonamides is 1. The zero-order valence-corrected chi connectivity index (χ0v) is 20.8. The lowest BCUT2D eigenvalue weighted by Crippen LogP contribution is -2.49. The minimum atomic E-state index is -4.87. The minimum absolute atomic E-state index is 0.0520. The predicted octanol–water partition coefficient (Wildman–Crippen LogP) is 6.50. The molecule has 0 aliphatic carbocycles. The molecule has 4 aromatic rings. The maximum atomic E-state index is 14.7. The summed E-state index contributed by atoms with van der Waals surface area (Å²) in [6.07, 6.45) is -3.77. The average Bonchev–Trinajstić information content (AvgIpc) is 2.84. The first-order chi connectivity index (χ1) is 17.5. The number of alkyl halides is 3. The maximum Gasteiger partial charge on any atom is 0.416 e. The van der Waals surface area contributed by atoms with Crippen molar-refractivity contribution in [3.05, 3.63) is 136 Å². The summed E-state index contributed by atoms with van der Waals surface area (Å²) >= 11 is 6.01. The third-order valence-electron chi connectivity index (χ3n) is 5.72. The molecule has 192 valence electrons. The van der Waals surface area contributed by atoms with Gasteiger partial charge in [0.05, 0.1) is 22.0 Å². The van der Waals surface area contributed by atoms with Gasteiger partial charge < -0.3 is 0 Å². The Bertz CT molecular complexity index is 1470. The number of nitrogens with one attached hydrogen (secondary N) is 1. The standard InChI is InChI=1S/C27H21ClF4N2O2S/c28-23-11-12-25(33-17-23)26(16-19-7-3-1-4-8-19,21-13-22(27(30,31)32)15-24(29)14-21)34-37(35,36)18-20-9-5-2-6-10-20/h1-15,17,34H,16,18H2/t26-/m1/s1. The number of pyridine rings is 1. The van der Waals surface area contributed by atoms with Crippen molar-refractivity contribution in [2.75, 3.05) is 0 Å². The van der Waals surface area contributed by atoms with E-state index in [1.54, 1.807) is 60.7 Å². The number of hydrogen-bond donors (Lipinski definition) is 1. The highest BCUT2D eigenvalue weighted by molar-refractivity contribution is 7.88. The molecule has 0 unspecified atom stereocenters. The Morgan fingerprint density at radius 3 is 1.97 bits per heavy atom. The quantitative estimate of drug-likeness (QED) is 0.256. The van der Waals surface area contributed by atoms with E-state index in [-0.39, 0.29) is 22.7 Å². The second-order valence-electron chi connectivity index (χ2n) is 8.50. The third kappa shape index (κ3) is 6.54. The molecule has 4 rings (SSSR count). The fourth-order valence-corrected chi connectivity index (χ4v) is 5.75. The van der Waals surface area contributed by atoms with Crippen LogP contribution in [-0.2, 0) is 33.9 Å². The van der Waals surface area contributed by atoms with Crippen LogP contribution in [-0.4, -0.2) is 13.4 Å². The fourth-order valence-electron chi connectivity index (χ4n) is 4.11. The molecule has 0 aliphatic heterocycles. The van der Waals surface area contributed by atoms with E-state index in [1.165, 1.54) is 18.3 Å². The summed E-state index contributed by atoms with van der Waals surface area (Å²) in [6, 6.07) is 21.7. The highest BCUT2D eigenvalue weighted by atomic mass is 35.5. The van der Waals surface area contributed by atoms with Crippen molar-refractivity contribution in [3.8, 4) is 0 Å². The molecule has 1 atom stereocenters. The highest BCUT2D eigenvalue weighted by Crippen LogP contribution is 2.38. The Hall–Kier alpha value is -3.27. The first kappa shape index (κ1) is 26.8. The molecule has 10 heteroatoms. The van der Waals surface area contributed by atoms with Gasteiger partial charge in [-0.3, -0.25) is 4.98 Å². The van der Waals surface area contributed by atoms with Crippen molar-refractivity contribution in [1.82, 2.24) is 9.71 Å². The number of rotatable bonds is 8. The van der Waals surface area contributed by atoms with Crippen LogP contribution in [0, 0.1) is 5.82 Å². The first-order valence-electron chi connectivity index (χ1n) is 11.1. The molecular formula is C27H21ClF4N2O2S. The van der Waals surface area contributed by atoms with Gasteiger partial charge in [-0.1, -0.05) is 72.3 Å². The van der Waals surface area contributed by atoms with E-state index in [4.69, 9.17) is 11.6 Å². The minimum Gasteiger partial charge on any atom is -0.257 e. The molecule has 0 bridgehead atoms. The van der Waals surface area contributed by atoms with Crippen LogP contribution in [0.2, 0.25) is 5.02 Å². The summed E-state index contributed by atoms with van der Waals surface area (Å²) in [5, 5.41) is 0.236. The van der Waals surface area contributed by atoms with Gasteiger partial charge in [0.1, 0.15) is 11.4 Å². The number of halogens is 5. The zero-order chi connectivity index (χ0) is 26.7. The third-order valence-corrected chi connectivity index (χ3v) is 7.32. The normalized spacial score (nSPS) is 13.8. The average molecular weight is 549 g/mol. The van der Waals surface area contributed by atoms with Gasteiger partial charge in [0, 0.05) is 12.6 Å². The van der Waals surface area contributed by atoms with E-state index in [9.17, 15) is 26.0 Å². The summed E-state index contributed by atoms with van der Waals surface area (Å²) in [5.41, 5.74) is -2.31. The molecule has 0 fully saturated rings. The van der Waals surface area contributed by atoms with Crippen molar-refractivity contribution < 1.29 is 26.0 Å². The molecule has 1 aromatic heterocycles. The van der Waals surface area contributed by atoms with Gasteiger partial charge in [-0.25, -0.2) is 12.8 Å². The summed E-state index contributed by atoms with van der Waals surface area (Å²) in [7, 11) is -4.21. The molecule has 0 spiro atoms. The number of nitrogens with zero attached hydrogens (tertiary/aromatic N) is 1. The molecular weight excluding hydrogens is 528 g/mol. The van der Waals surface area contributed by atoms with Crippen LogP contribution in [0.5, 0.6) is 0 Å². The Balaban J connectivity index is 1.97. The molecule has 1 N–H and O–H groups in total. The largest absolute Gasteiger partial charge is 0.416 e. The van der Waals surface area contributed by atoms with E-state index < -0.39 is 38.9 Å². The van der Waals surface area contributed by atoms with Gasteiger partial charge in [0.15, 0.2) is 0 Å². The summed E-state index contributed by atoms with van der Waals surface area (Å²) in [4.78, 5) is 4.27. The molecule has 4 nitrogen and oxygen atoms in total. The monoisotopic (exact) mass is 548 g/mol. The van der Waals surface area contributed by atoms with Gasteiger partial charge in [0.25, 0.3) is 0 Å². The number of hydrogen-bond acceptors (Lipinski definition) is 3. The fraction of sp³-hybridized carbons (Fsp3) is 0.148. The topological polar surface area (TPSA) is 59.1 Å². The summed E-state index contributed by atoms with van der Waals surface area (Å²) in [6.45, 7) is 0. The van der Waals surface area contributed by atoms with Gasteiger partial charge in [-0.05, 0) is 47.0 Å². The van der Waals surface area contributed by atoms with Crippen LogP contribution in [0.4, 0.5) is 17.6 Å². The zero-order valence-electron chi connectivity index (χ0n) is 19.2. The Morgan fingerprint density at radius 1 is 0.811 bits per heavy atom. The molecule has 3 aromatic carbocycles. The molecule has 1 heterocycles. The number of aromatic nitrogens is 1. The van der Waals surface area contributed by atoms with Gasteiger partial charge in [0.2, 0.25) is 10.0 Å². The van der Waals surface area contributed by atoms with Crippen molar-refractivity contribution >= 4 is 21.6 Å². The second-order valence-corrected chi connectivity index (χ2v) is 10.7. The highest BCUT2D eigenvalue weighted by Gasteiger charge is 2.42. The van der Waals surface area contributed by atoms with Crippen molar-refractivity contribution in [2.45, 2.75) is 23.9 Å². The van der Waals surface area contributed by atoms with E-state index in [1.807, 2.05) is 0 Å². The first-order valence-corrected chi connectivity index (χ1v) is 13.1. The molecule has 0 saturated carbocycles. The summed E-state index contributed by atoms with van der Waals surface area (Å²) < 4.78 is 85.4. The maximum absolute atomic E-state index is 14.7. The van der Waals surface area contributed by atoms with Gasteiger partial charge in [-0.15, -0.1) is 0 Å². The Kier molecular flexibility index (Phi) is 7.68. The van der Waals surface area contributed by atoms with Crippen LogP contribution in [0.25, 0.3) is 0 Å². The lowest BCUT2D eigenvalue weighted by Gasteiger charge is -2.35. The van der Waals surface area contributed by atoms with Crippen molar-refractivity contribution in [1.29, 1.82) is 0 Å². The smallest absolute Gasteiger partial charge is 0.257 e. The van der Waals surface area contributed by atoms with Crippen molar-refractivity contribution in [3.63, 3.8) is 0 Å². The number of benzene rings is 3. The van der Waals surface area contributed by atoms with E-state index >= 15 is 0 Å². The van der Waals surface area contributed by atoms with Crippen LogP contribution >= 0.6 is 11.6 Å². The van der Waals surface area contributed by atoms with E-state index in [0.717, 1.165) is 12.1 Å². The molecule has 0 saturated heterocycles. The lowest BCUT2D eigenvalue weighted by molar-refractivity contribution is -0.137. The SMILES string of the molecule is O=S(=O)(Cc1ccccc1)N[C@](Cc1ccccc1)(c1cc(F)cc(C(F)(F)F)c1)c1ccc(Cl)cn1. The van der Waals surface area contributed by atoms with Crippen LogP contribution in [0.1, 0.15) is 27.9 Å². The molecule has 0 aliphatic rings. The molecule has 37 heavy (non-hydrogen) atoms. The van der Waals surface area contributed by atoms with Gasteiger partial charge >= 0.3 is 6.18 Å². The van der Waals surface area contributed by atoms with Crippen LogP contribution in [0.15, 0.2) is 97.2 Å². The Labute approximate surface area is 217 Å². The molecule has 0 radical (unpaired) electrons. The van der Waals surface area contributed by atoms with E-state index in [0.29, 0.717) is 17.2 Å².